The van der Waals surface area contributed by atoms with Crippen molar-refractivity contribution in [3.63, 3.8) is 0 Å². The number of halogens is 2. The Morgan fingerprint density at radius 1 is 1.06 bits per heavy atom. The molecule has 2 aromatic carbocycles. The number of hydrogen-bond donors (Lipinski definition) is 1. The van der Waals surface area contributed by atoms with E-state index in [2.05, 4.69) is 5.32 Å². The van der Waals surface area contributed by atoms with Crippen LogP contribution in [0, 0.1) is 0 Å². The lowest BCUT2D eigenvalue weighted by Crippen LogP contribution is -2.51. The van der Waals surface area contributed by atoms with Gasteiger partial charge in [0.25, 0.3) is 0 Å². The van der Waals surface area contributed by atoms with Gasteiger partial charge in [-0.15, -0.1) is 0 Å². The summed E-state index contributed by atoms with van der Waals surface area (Å²) in [4.78, 5) is 26.6. The monoisotopic (exact) mass is 461 g/mol. The summed E-state index contributed by atoms with van der Waals surface area (Å²) in [5.41, 5.74) is 1.46. The Morgan fingerprint density at radius 3 is 2.55 bits per heavy atom. The Labute approximate surface area is 192 Å². The number of rotatable bonds is 6. The highest BCUT2D eigenvalue weighted by Crippen LogP contribution is 2.42. The zero-order chi connectivity index (χ0) is 22.0. The molecule has 1 spiro atoms. The number of methoxy groups -OCH3 is 1. The molecule has 4 rings (SSSR count). The highest BCUT2D eigenvalue weighted by atomic mass is 35.5. The van der Waals surface area contributed by atoms with E-state index in [-0.39, 0.29) is 17.8 Å². The lowest BCUT2D eigenvalue weighted by molar-refractivity contribution is -0.127. The van der Waals surface area contributed by atoms with Crippen molar-refractivity contribution in [1.29, 1.82) is 0 Å². The van der Waals surface area contributed by atoms with Crippen LogP contribution < -0.4 is 5.32 Å². The third-order valence-electron chi connectivity index (χ3n) is 6.19. The highest BCUT2D eigenvalue weighted by molar-refractivity contribution is 6.33. The SMILES string of the molecule is COCCO[C@@H]1CCC[C@]2(C1)NC(=O)C(c1cc(-c3ccc(Cl)cc3)ccc1Cl)C2=O. The third kappa shape index (κ3) is 4.51. The molecule has 2 fully saturated rings. The average Bonchev–Trinajstić information content (AvgIpc) is 2.98. The molecule has 3 atom stereocenters. The van der Waals surface area contributed by atoms with Crippen molar-refractivity contribution in [3.8, 4) is 11.1 Å². The maximum absolute atomic E-state index is 13.6. The fourth-order valence-electron chi connectivity index (χ4n) is 4.64. The summed E-state index contributed by atoms with van der Waals surface area (Å²) < 4.78 is 10.9. The summed E-state index contributed by atoms with van der Waals surface area (Å²) in [6, 6.07) is 12.9. The Hall–Kier alpha value is -1.92. The average molecular weight is 462 g/mol. The second-order valence-electron chi connectivity index (χ2n) is 8.19. The van der Waals surface area contributed by atoms with Gasteiger partial charge in [-0.1, -0.05) is 41.4 Å². The predicted octanol–water partition coefficient (Wildman–Crippen LogP) is 4.79. The van der Waals surface area contributed by atoms with Crippen molar-refractivity contribution in [1.82, 2.24) is 5.32 Å². The first-order valence-electron chi connectivity index (χ1n) is 10.5. The normalized spacial score (nSPS) is 25.8. The van der Waals surface area contributed by atoms with Crippen molar-refractivity contribution in [2.45, 2.75) is 43.2 Å². The zero-order valence-electron chi connectivity index (χ0n) is 17.3. The molecule has 2 aliphatic rings. The van der Waals surface area contributed by atoms with E-state index in [4.69, 9.17) is 32.7 Å². The molecule has 1 heterocycles. The van der Waals surface area contributed by atoms with Gasteiger partial charge in [0, 0.05) is 23.6 Å². The summed E-state index contributed by atoms with van der Waals surface area (Å²) in [5, 5.41) is 4.06. The van der Waals surface area contributed by atoms with Gasteiger partial charge in [0.15, 0.2) is 5.78 Å². The molecule has 1 unspecified atom stereocenters. The smallest absolute Gasteiger partial charge is 0.236 e. The van der Waals surface area contributed by atoms with Gasteiger partial charge in [0.2, 0.25) is 5.91 Å². The van der Waals surface area contributed by atoms with Crippen molar-refractivity contribution >= 4 is 34.9 Å². The Kier molecular flexibility index (Phi) is 6.68. The summed E-state index contributed by atoms with van der Waals surface area (Å²) in [6.45, 7) is 0.970. The lowest BCUT2D eigenvalue weighted by Gasteiger charge is -2.36. The Bertz CT molecular complexity index is 978. The fourth-order valence-corrected chi connectivity index (χ4v) is 4.99. The summed E-state index contributed by atoms with van der Waals surface area (Å²) in [7, 11) is 1.62. The van der Waals surface area contributed by atoms with Crippen LogP contribution in [-0.4, -0.2) is 43.7 Å². The number of hydrogen-bond acceptors (Lipinski definition) is 4. The molecule has 1 N–H and O–H groups in total. The molecule has 5 nitrogen and oxygen atoms in total. The van der Waals surface area contributed by atoms with Crippen LogP contribution in [0.15, 0.2) is 42.5 Å². The van der Waals surface area contributed by atoms with Crippen LogP contribution in [0.4, 0.5) is 0 Å². The fraction of sp³-hybridized carbons (Fsp3) is 0.417. The van der Waals surface area contributed by atoms with E-state index >= 15 is 0 Å². The molecule has 1 aliphatic heterocycles. The van der Waals surface area contributed by atoms with E-state index in [1.807, 2.05) is 24.3 Å². The minimum absolute atomic E-state index is 0.0808. The maximum atomic E-state index is 13.6. The molecular formula is C24H25Cl2NO4. The van der Waals surface area contributed by atoms with Gasteiger partial charge in [-0.3, -0.25) is 9.59 Å². The van der Waals surface area contributed by atoms with Crippen LogP contribution in [0.1, 0.15) is 37.2 Å². The van der Waals surface area contributed by atoms with E-state index in [0.717, 1.165) is 24.0 Å². The number of amides is 1. The molecule has 0 bridgehead atoms. The Balaban J connectivity index is 1.60. The van der Waals surface area contributed by atoms with Crippen molar-refractivity contribution in [2.24, 2.45) is 0 Å². The summed E-state index contributed by atoms with van der Waals surface area (Å²) >= 11 is 12.5. The number of ether oxygens (including phenoxy) is 2. The molecule has 1 amide bonds. The van der Waals surface area contributed by atoms with Gasteiger partial charge in [0.05, 0.1) is 19.3 Å². The van der Waals surface area contributed by atoms with Crippen molar-refractivity contribution in [3.05, 3.63) is 58.1 Å². The molecule has 1 saturated carbocycles. The third-order valence-corrected chi connectivity index (χ3v) is 6.79. The molecular weight excluding hydrogens is 437 g/mol. The van der Waals surface area contributed by atoms with Crippen LogP contribution in [0.25, 0.3) is 11.1 Å². The highest BCUT2D eigenvalue weighted by Gasteiger charge is 2.55. The van der Waals surface area contributed by atoms with Crippen LogP contribution >= 0.6 is 23.2 Å². The van der Waals surface area contributed by atoms with Gasteiger partial charge >= 0.3 is 0 Å². The van der Waals surface area contributed by atoms with Crippen LogP contribution in [-0.2, 0) is 19.1 Å². The molecule has 164 valence electrons. The molecule has 7 heteroatoms. The van der Waals surface area contributed by atoms with Gasteiger partial charge in [-0.2, -0.15) is 0 Å². The Morgan fingerprint density at radius 2 is 1.81 bits per heavy atom. The molecule has 0 radical (unpaired) electrons. The van der Waals surface area contributed by atoms with E-state index in [0.29, 0.717) is 41.7 Å². The summed E-state index contributed by atoms with van der Waals surface area (Å²) in [5.74, 6) is -1.33. The zero-order valence-corrected chi connectivity index (χ0v) is 18.8. The van der Waals surface area contributed by atoms with E-state index in [1.54, 1.807) is 25.3 Å². The van der Waals surface area contributed by atoms with Gasteiger partial charge in [-0.25, -0.2) is 0 Å². The first kappa shape index (κ1) is 22.3. The topological polar surface area (TPSA) is 64.6 Å². The van der Waals surface area contributed by atoms with E-state index in [9.17, 15) is 9.59 Å². The maximum Gasteiger partial charge on any atom is 0.236 e. The second-order valence-corrected chi connectivity index (χ2v) is 9.04. The first-order chi connectivity index (χ1) is 14.9. The number of nitrogens with one attached hydrogen (secondary N) is 1. The van der Waals surface area contributed by atoms with Gasteiger partial charge < -0.3 is 14.8 Å². The standard InChI is InChI=1S/C24H25Cl2NO4/c1-30-11-12-31-18-3-2-10-24(14-18)22(28)21(23(29)27-24)19-13-16(6-9-20(19)26)15-4-7-17(25)8-5-15/h4-9,13,18,21H,2-3,10-12,14H2,1H3,(H,27,29)/t18-,21?,24-/m1/s1. The molecule has 1 saturated heterocycles. The minimum atomic E-state index is -0.919. The molecule has 1 aliphatic carbocycles. The lowest BCUT2D eigenvalue weighted by atomic mass is 9.75. The first-order valence-corrected chi connectivity index (χ1v) is 11.2. The van der Waals surface area contributed by atoms with Crippen LogP contribution in [0.3, 0.4) is 0 Å². The van der Waals surface area contributed by atoms with Crippen molar-refractivity contribution < 1.29 is 19.1 Å². The number of carbonyl (C=O) groups is 2. The molecule has 0 aromatic heterocycles. The van der Waals surface area contributed by atoms with Crippen molar-refractivity contribution in [2.75, 3.05) is 20.3 Å². The van der Waals surface area contributed by atoms with Gasteiger partial charge in [0.1, 0.15) is 11.5 Å². The van der Waals surface area contributed by atoms with Crippen LogP contribution in [0.5, 0.6) is 0 Å². The molecule has 2 aromatic rings. The minimum Gasteiger partial charge on any atom is -0.382 e. The number of benzene rings is 2. The van der Waals surface area contributed by atoms with Crippen LogP contribution in [0.2, 0.25) is 10.0 Å². The number of carbonyl (C=O) groups excluding carboxylic acids is 2. The van der Waals surface area contributed by atoms with E-state index < -0.39 is 11.5 Å². The largest absolute Gasteiger partial charge is 0.382 e. The quantitative estimate of drug-likeness (QED) is 0.496. The summed E-state index contributed by atoms with van der Waals surface area (Å²) in [6.07, 6.45) is 2.70. The second kappa shape index (κ2) is 9.29. The van der Waals surface area contributed by atoms with E-state index in [1.165, 1.54) is 0 Å². The van der Waals surface area contributed by atoms with Gasteiger partial charge in [-0.05, 0) is 60.2 Å². The number of ketones is 1. The number of Topliss-reactive ketones (excluding diaryl/α,β-unsaturated/α-hetero) is 1. The predicted molar refractivity (Wildman–Crippen MR) is 121 cm³/mol. The molecule has 31 heavy (non-hydrogen) atoms.